The predicted octanol–water partition coefficient (Wildman–Crippen LogP) is 5.98. The molecule has 0 spiro atoms. The molecule has 1 aliphatic carbocycles. The number of ether oxygens (including phenoxy) is 1. The van der Waals surface area contributed by atoms with Crippen LogP contribution in [-0.2, 0) is 9.53 Å². The number of rotatable bonds is 14. The quantitative estimate of drug-likeness (QED) is 0.290. The van der Waals surface area contributed by atoms with E-state index in [9.17, 15) is 4.79 Å². The van der Waals surface area contributed by atoms with Crippen LogP contribution < -0.4 is 0 Å². The van der Waals surface area contributed by atoms with E-state index in [1.165, 1.54) is 77.1 Å². The molecule has 130 valence electrons. The summed E-state index contributed by atoms with van der Waals surface area (Å²) < 4.78 is 5.31. The first kappa shape index (κ1) is 19.9. The monoisotopic (exact) mass is 328 g/mol. The maximum absolute atomic E-state index is 11.1. The lowest BCUT2D eigenvalue weighted by Crippen LogP contribution is -2.09. The molecule has 2 nitrogen and oxygen atoms in total. The lowest BCUT2D eigenvalue weighted by atomic mass is 10.0. The van der Waals surface area contributed by atoms with E-state index in [-0.39, 0.29) is 5.97 Å². The fraction of sp³-hybridized carbons (Fsp3) is 0.947. The summed E-state index contributed by atoms with van der Waals surface area (Å²) >= 11 is 2.24. The van der Waals surface area contributed by atoms with Gasteiger partial charge in [-0.05, 0) is 43.8 Å². The molecular formula is C19H36O2S. The number of methoxy groups -OCH3 is 1. The minimum Gasteiger partial charge on any atom is -0.469 e. The highest BCUT2D eigenvalue weighted by Crippen LogP contribution is 2.59. The van der Waals surface area contributed by atoms with Gasteiger partial charge in [0.25, 0.3) is 0 Å². The van der Waals surface area contributed by atoms with Gasteiger partial charge in [-0.3, -0.25) is 4.79 Å². The van der Waals surface area contributed by atoms with Crippen molar-refractivity contribution in [2.75, 3.05) is 12.9 Å². The minimum atomic E-state index is -0.0599. The summed E-state index contributed by atoms with van der Waals surface area (Å²) in [7, 11) is 1.48. The van der Waals surface area contributed by atoms with Crippen LogP contribution in [0.3, 0.4) is 0 Å². The molecule has 22 heavy (non-hydrogen) atoms. The number of thioether (sulfide) groups is 1. The number of hydrogen-bond acceptors (Lipinski definition) is 3. The lowest BCUT2D eigenvalue weighted by Gasteiger charge is -2.17. The minimum absolute atomic E-state index is 0.0599. The largest absolute Gasteiger partial charge is 0.469 e. The third kappa shape index (κ3) is 7.39. The third-order valence-corrected chi connectivity index (χ3v) is 6.78. The first-order chi connectivity index (χ1) is 10.7. The van der Waals surface area contributed by atoms with Crippen molar-refractivity contribution in [1.82, 2.24) is 0 Å². The normalized spacial score (nSPS) is 23.5. The van der Waals surface area contributed by atoms with Crippen LogP contribution in [0.1, 0.15) is 90.9 Å². The zero-order chi connectivity index (χ0) is 16.3. The van der Waals surface area contributed by atoms with E-state index in [2.05, 4.69) is 25.6 Å². The average Bonchev–Trinajstić information content (AvgIpc) is 3.22. The number of carbonyl (C=O) groups excluding carboxylic acids is 1. The van der Waals surface area contributed by atoms with Gasteiger partial charge in [0.15, 0.2) is 0 Å². The smallest absolute Gasteiger partial charge is 0.305 e. The molecule has 0 unspecified atom stereocenters. The molecule has 0 radical (unpaired) electrons. The molecule has 1 saturated carbocycles. The molecule has 0 saturated heterocycles. The Morgan fingerprint density at radius 1 is 1.09 bits per heavy atom. The van der Waals surface area contributed by atoms with Crippen molar-refractivity contribution in [3.8, 4) is 0 Å². The topological polar surface area (TPSA) is 26.3 Å². The fourth-order valence-corrected chi connectivity index (χ4v) is 4.95. The predicted molar refractivity (Wildman–Crippen MR) is 97.4 cm³/mol. The van der Waals surface area contributed by atoms with Crippen molar-refractivity contribution < 1.29 is 9.53 Å². The highest BCUT2D eigenvalue weighted by Gasteiger charge is 2.52. The molecule has 0 heterocycles. The first-order valence-corrected chi connectivity index (χ1v) is 10.4. The maximum Gasteiger partial charge on any atom is 0.305 e. The number of carbonyl (C=O) groups is 1. The Kier molecular flexibility index (Phi) is 10.3. The summed E-state index contributed by atoms with van der Waals surface area (Å²) in [5, 5.41) is 0. The number of hydrogen-bond donors (Lipinski definition) is 0. The van der Waals surface area contributed by atoms with Crippen molar-refractivity contribution in [1.29, 1.82) is 0 Å². The van der Waals surface area contributed by atoms with E-state index in [4.69, 9.17) is 4.74 Å². The van der Waals surface area contributed by atoms with Crippen LogP contribution in [0, 0.1) is 5.92 Å². The van der Waals surface area contributed by atoms with Crippen molar-refractivity contribution in [2.24, 2.45) is 5.92 Å². The summed E-state index contributed by atoms with van der Waals surface area (Å²) in [6.07, 6.45) is 15.1. The Balaban J connectivity index is 2.20. The van der Waals surface area contributed by atoms with Crippen molar-refractivity contribution in [3.63, 3.8) is 0 Å². The summed E-state index contributed by atoms with van der Waals surface area (Å²) in [5.74, 6) is 2.23. The Labute approximate surface area is 142 Å². The summed E-state index contributed by atoms with van der Waals surface area (Å²) in [6.45, 7) is 4.57. The van der Waals surface area contributed by atoms with Crippen molar-refractivity contribution in [3.05, 3.63) is 0 Å². The fourth-order valence-electron chi connectivity index (χ4n) is 3.37. The van der Waals surface area contributed by atoms with Gasteiger partial charge < -0.3 is 4.74 Å². The Hall–Kier alpha value is -0.180. The number of unbranched alkanes of at least 4 members (excludes halogenated alkanes) is 5. The lowest BCUT2D eigenvalue weighted by molar-refractivity contribution is -0.140. The summed E-state index contributed by atoms with van der Waals surface area (Å²) in [6, 6.07) is 0. The van der Waals surface area contributed by atoms with Gasteiger partial charge in [0.1, 0.15) is 0 Å². The Morgan fingerprint density at radius 2 is 1.86 bits per heavy atom. The van der Waals surface area contributed by atoms with E-state index in [1.807, 2.05) is 0 Å². The molecular weight excluding hydrogens is 292 g/mol. The van der Waals surface area contributed by atoms with Gasteiger partial charge in [-0.25, -0.2) is 0 Å². The van der Waals surface area contributed by atoms with Gasteiger partial charge in [0.2, 0.25) is 0 Å². The Morgan fingerprint density at radius 3 is 2.55 bits per heavy atom. The molecule has 0 amide bonds. The van der Waals surface area contributed by atoms with Crippen LogP contribution in [0.25, 0.3) is 0 Å². The highest BCUT2D eigenvalue weighted by atomic mass is 32.2. The van der Waals surface area contributed by atoms with Gasteiger partial charge in [0, 0.05) is 11.2 Å². The molecule has 0 bridgehead atoms. The SMILES string of the molecule is CCCCCC[C@@H]1C[C@@]1(CCCCCC(=O)OC)SCCC. The average molecular weight is 329 g/mol. The second kappa shape index (κ2) is 11.4. The second-order valence-corrected chi connectivity index (χ2v) is 8.31. The summed E-state index contributed by atoms with van der Waals surface area (Å²) in [4.78, 5) is 11.1. The number of esters is 1. The van der Waals surface area contributed by atoms with Crippen LogP contribution in [0.2, 0.25) is 0 Å². The van der Waals surface area contributed by atoms with E-state index in [0.717, 1.165) is 12.3 Å². The van der Waals surface area contributed by atoms with Crippen molar-refractivity contribution >= 4 is 17.7 Å². The highest BCUT2D eigenvalue weighted by molar-refractivity contribution is 8.00. The molecule has 0 aromatic carbocycles. The third-order valence-electron chi connectivity index (χ3n) is 4.88. The molecule has 0 N–H and O–H groups in total. The van der Waals surface area contributed by atoms with E-state index in [0.29, 0.717) is 11.2 Å². The van der Waals surface area contributed by atoms with Crippen LogP contribution >= 0.6 is 11.8 Å². The first-order valence-electron chi connectivity index (χ1n) is 9.39. The van der Waals surface area contributed by atoms with Crippen LogP contribution in [0.5, 0.6) is 0 Å². The zero-order valence-electron chi connectivity index (χ0n) is 15.0. The van der Waals surface area contributed by atoms with Crippen LogP contribution in [-0.4, -0.2) is 23.6 Å². The molecule has 1 fully saturated rings. The molecule has 0 aromatic rings. The molecule has 1 aliphatic rings. The molecule has 1 rings (SSSR count). The van der Waals surface area contributed by atoms with E-state index < -0.39 is 0 Å². The van der Waals surface area contributed by atoms with Gasteiger partial charge >= 0.3 is 5.97 Å². The van der Waals surface area contributed by atoms with Gasteiger partial charge in [0.05, 0.1) is 7.11 Å². The molecule has 0 aromatic heterocycles. The van der Waals surface area contributed by atoms with Crippen LogP contribution in [0.15, 0.2) is 0 Å². The van der Waals surface area contributed by atoms with Gasteiger partial charge in [-0.1, -0.05) is 52.4 Å². The van der Waals surface area contributed by atoms with E-state index in [1.54, 1.807) is 0 Å². The maximum atomic E-state index is 11.1. The summed E-state index contributed by atoms with van der Waals surface area (Å²) in [5.41, 5.74) is 0. The molecule has 3 heteroatoms. The Bertz CT molecular complexity index is 306. The van der Waals surface area contributed by atoms with Crippen LogP contribution in [0.4, 0.5) is 0 Å². The standard InChI is InChI=1S/C19H36O2S/c1-4-6-7-9-12-17-16-19(17,22-15-5-2)14-11-8-10-13-18(20)21-3/h17H,4-16H2,1-3H3/t17-,19-/m1/s1. The molecule has 0 aliphatic heterocycles. The second-order valence-electron chi connectivity index (χ2n) is 6.80. The van der Waals surface area contributed by atoms with Crippen molar-refractivity contribution in [2.45, 2.75) is 95.6 Å². The van der Waals surface area contributed by atoms with Gasteiger partial charge in [-0.15, -0.1) is 0 Å². The van der Waals surface area contributed by atoms with Gasteiger partial charge in [-0.2, -0.15) is 11.8 Å². The zero-order valence-corrected chi connectivity index (χ0v) is 15.8. The van der Waals surface area contributed by atoms with E-state index >= 15 is 0 Å². The molecule has 2 atom stereocenters.